The third-order valence-electron chi connectivity index (χ3n) is 7.44. The van der Waals surface area contributed by atoms with Gasteiger partial charge in [-0.3, -0.25) is 4.79 Å². The van der Waals surface area contributed by atoms with Crippen LogP contribution >= 0.6 is 0 Å². The van der Waals surface area contributed by atoms with E-state index < -0.39 is 38.0 Å². The zero-order valence-corrected chi connectivity index (χ0v) is 18.7. The van der Waals surface area contributed by atoms with Crippen LogP contribution in [0.3, 0.4) is 0 Å². The highest BCUT2D eigenvalue weighted by molar-refractivity contribution is 7.86. The summed E-state index contributed by atoms with van der Waals surface area (Å²) in [5.74, 6) is -0.758. The van der Waals surface area contributed by atoms with E-state index in [2.05, 4.69) is 0 Å². The Hall–Kier alpha value is -2.32. The number of carbonyl (C=O) groups is 2. The lowest BCUT2D eigenvalue weighted by atomic mass is 9.61. The Morgan fingerprint density at radius 1 is 1.19 bits per heavy atom. The molecular formula is C23H25FO6S. The highest BCUT2D eigenvalue weighted by Crippen LogP contribution is 2.69. The molecule has 1 aromatic rings. The number of esters is 1. The molecule has 1 N–H and O–H groups in total. The molecule has 0 unspecified atom stereocenters. The van der Waals surface area contributed by atoms with E-state index in [9.17, 15) is 27.0 Å². The minimum Gasteiger partial charge on any atom is -0.453 e. The first-order chi connectivity index (χ1) is 14.3. The molecule has 0 heterocycles. The van der Waals surface area contributed by atoms with Crippen molar-refractivity contribution >= 4 is 22.0 Å². The number of hydrogen-bond acceptors (Lipinski definition) is 6. The number of aliphatic hydroxyl groups excluding tert-OH is 1. The average Bonchev–Trinajstić information content (AvgIpc) is 3.47. The number of carbonyl (C=O) groups excluding carboxylic acids is 2. The van der Waals surface area contributed by atoms with E-state index in [1.165, 1.54) is 12.1 Å². The molecule has 2 atom stereocenters. The normalized spacial score (nSPS) is 28.4. The van der Waals surface area contributed by atoms with Crippen LogP contribution in [0.25, 0.3) is 0 Å². The van der Waals surface area contributed by atoms with Crippen LogP contribution in [0.2, 0.25) is 0 Å². The predicted molar refractivity (Wildman–Crippen MR) is 110 cm³/mol. The van der Waals surface area contributed by atoms with E-state index in [0.29, 0.717) is 11.1 Å². The minimum absolute atomic E-state index is 0.0127. The van der Waals surface area contributed by atoms with Crippen molar-refractivity contribution in [1.82, 2.24) is 0 Å². The van der Waals surface area contributed by atoms with Gasteiger partial charge in [0.1, 0.15) is 6.10 Å². The second kappa shape index (κ2) is 6.59. The highest BCUT2D eigenvalue weighted by atomic mass is 32.3. The molecule has 0 radical (unpaired) electrons. The van der Waals surface area contributed by atoms with Gasteiger partial charge in [-0.25, -0.2) is 4.79 Å². The Morgan fingerprint density at radius 3 is 2.26 bits per heavy atom. The molecule has 0 amide bonds. The van der Waals surface area contributed by atoms with Gasteiger partial charge in [0.15, 0.2) is 5.78 Å². The van der Waals surface area contributed by atoms with Crippen LogP contribution in [0.4, 0.5) is 3.89 Å². The summed E-state index contributed by atoms with van der Waals surface area (Å²) in [4.78, 5) is 25.7. The molecule has 8 heteroatoms. The van der Waals surface area contributed by atoms with Crippen molar-refractivity contribution in [3.63, 3.8) is 0 Å². The first-order valence-corrected chi connectivity index (χ1v) is 11.5. The van der Waals surface area contributed by atoms with Crippen LogP contribution in [-0.2, 0) is 19.8 Å². The number of ether oxygens (including phenoxy) is 1. The Morgan fingerprint density at radius 2 is 1.77 bits per heavy atom. The van der Waals surface area contributed by atoms with Gasteiger partial charge in [-0.05, 0) is 51.0 Å². The number of rotatable bonds is 4. The molecular weight excluding hydrogens is 423 g/mol. The summed E-state index contributed by atoms with van der Waals surface area (Å²) in [6, 6.07) is 4.33. The molecule has 31 heavy (non-hydrogen) atoms. The average molecular weight is 449 g/mol. The smallest absolute Gasteiger partial charge is 0.338 e. The summed E-state index contributed by atoms with van der Waals surface area (Å²) >= 11 is 0. The van der Waals surface area contributed by atoms with Crippen LogP contribution < -0.4 is 0 Å². The Bertz CT molecular complexity index is 1150. The van der Waals surface area contributed by atoms with E-state index in [1.807, 2.05) is 20.8 Å². The van der Waals surface area contributed by atoms with Gasteiger partial charge in [0, 0.05) is 22.0 Å². The maximum Gasteiger partial charge on any atom is 0.338 e. The molecule has 0 bridgehead atoms. The highest BCUT2D eigenvalue weighted by Gasteiger charge is 2.65. The molecule has 3 aliphatic carbocycles. The number of allylic oxidation sites excluding steroid dienone is 1. The van der Waals surface area contributed by atoms with Gasteiger partial charge >= 0.3 is 16.2 Å². The minimum atomic E-state index is -4.87. The van der Waals surface area contributed by atoms with Crippen molar-refractivity contribution in [2.24, 2.45) is 16.2 Å². The molecule has 166 valence electrons. The molecule has 4 rings (SSSR count). The van der Waals surface area contributed by atoms with Crippen LogP contribution in [0.5, 0.6) is 0 Å². The van der Waals surface area contributed by atoms with E-state index >= 15 is 0 Å². The standard InChI is InChI=1S/C23H25FO6S/c1-13-17-16(18(26)21(2,3)23(13)9-10-23)11-22(4,12-25)19(17)30-20(27)14-5-7-15(8-6-14)31(24,28)29/h5-8,11,19,25H,9-10,12H2,1-4H3/t19-,22+/m1/s1. The maximum atomic E-state index is 13.3. The molecule has 3 aliphatic rings. The van der Waals surface area contributed by atoms with Crippen molar-refractivity contribution < 1.29 is 31.7 Å². The van der Waals surface area contributed by atoms with Gasteiger partial charge in [0.05, 0.1) is 22.5 Å². The van der Waals surface area contributed by atoms with Crippen molar-refractivity contribution in [1.29, 1.82) is 0 Å². The van der Waals surface area contributed by atoms with Crippen LogP contribution in [0.15, 0.2) is 52.0 Å². The summed E-state index contributed by atoms with van der Waals surface area (Å²) in [5.41, 5.74) is 0.396. The van der Waals surface area contributed by atoms with Crippen LogP contribution in [-0.4, -0.2) is 38.0 Å². The quantitative estimate of drug-likeness (QED) is 0.559. The molecule has 6 nitrogen and oxygen atoms in total. The summed E-state index contributed by atoms with van der Waals surface area (Å²) in [7, 11) is -4.87. The third kappa shape index (κ3) is 3.03. The second-order valence-corrected chi connectivity index (χ2v) is 10.9. The lowest BCUT2D eigenvalue weighted by Gasteiger charge is -2.41. The number of benzene rings is 1. The summed E-state index contributed by atoms with van der Waals surface area (Å²) in [5, 5.41) is 10.1. The van der Waals surface area contributed by atoms with Crippen molar-refractivity contribution in [3.8, 4) is 0 Å². The Kier molecular flexibility index (Phi) is 4.65. The van der Waals surface area contributed by atoms with Crippen molar-refractivity contribution in [2.75, 3.05) is 6.61 Å². The Labute approximate surface area is 181 Å². The Balaban J connectivity index is 1.73. The molecule has 1 spiro atoms. The van der Waals surface area contributed by atoms with Gasteiger partial charge in [0.25, 0.3) is 0 Å². The third-order valence-corrected chi connectivity index (χ3v) is 8.28. The van der Waals surface area contributed by atoms with E-state index in [1.54, 1.807) is 13.0 Å². The van der Waals surface area contributed by atoms with Crippen molar-refractivity contribution in [2.45, 2.75) is 51.5 Å². The van der Waals surface area contributed by atoms with Gasteiger partial charge in [-0.2, -0.15) is 8.42 Å². The van der Waals surface area contributed by atoms with Gasteiger partial charge in [0.2, 0.25) is 0 Å². The molecule has 0 aliphatic heterocycles. The molecule has 0 aromatic heterocycles. The van der Waals surface area contributed by atoms with Gasteiger partial charge < -0.3 is 9.84 Å². The zero-order valence-electron chi connectivity index (χ0n) is 17.9. The number of halogens is 1. The van der Waals surface area contributed by atoms with E-state index in [0.717, 1.165) is 30.5 Å². The molecule has 1 fully saturated rings. The van der Waals surface area contributed by atoms with Crippen molar-refractivity contribution in [3.05, 3.63) is 52.6 Å². The fourth-order valence-electron chi connectivity index (χ4n) is 5.20. The summed E-state index contributed by atoms with van der Waals surface area (Å²) in [6.07, 6.45) is 2.61. The topological polar surface area (TPSA) is 97.7 Å². The molecule has 1 aromatic carbocycles. The van der Waals surface area contributed by atoms with E-state index in [-0.39, 0.29) is 23.4 Å². The molecule has 1 saturated carbocycles. The lowest BCUT2D eigenvalue weighted by Crippen LogP contribution is -2.43. The number of hydrogen-bond donors (Lipinski definition) is 1. The number of ketones is 1. The largest absolute Gasteiger partial charge is 0.453 e. The van der Waals surface area contributed by atoms with Crippen LogP contribution in [0.1, 0.15) is 50.9 Å². The van der Waals surface area contributed by atoms with E-state index in [4.69, 9.17) is 4.74 Å². The van der Waals surface area contributed by atoms with Gasteiger partial charge in [-0.1, -0.05) is 25.5 Å². The van der Waals surface area contributed by atoms with Gasteiger partial charge in [-0.15, -0.1) is 3.89 Å². The summed E-state index contributed by atoms with van der Waals surface area (Å²) < 4.78 is 40.9. The first kappa shape index (κ1) is 21.9. The number of aliphatic hydroxyl groups is 1. The summed E-state index contributed by atoms with van der Waals surface area (Å²) in [6.45, 7) is 7.26. The second-order valence-electron chi connectivity index (χ2n) is 9.54. The SMILES string of the molecule is CC1=C2C(=C[C@@](C)(CO)[C@@H]2OC(=O)c2ccc(S(=O)(=O)F)cc2)C(=O)C(C)(C)C12CC2. The number of fused-ring (bicyclic) bond motifs is 1. The number of Topliss-reactive ketones (excluding diaryl/α,β-unsaturated/α-hetero) is 1. The first-order valence-electron chi connectivity index (χ1n) is 10.1. The fourth-order valence-corrected chi connectivity index (χ4v) is 5.66. The molecule has 0 saturated heterocycles. The lowest BCUT2D eigenvalue weighted by molar-refractivity contribution is -0.126. The maximum absolute atomic E-state index is 13.3. The predicted octanol–water partition coefficient (Wildman–Crippen LogP) is 3.51. The monoisotopic (exact) mass is 448 g/mol. The van der Waals surface area contributed by atoms with Crippen LogP contribution in [0, 0.1) is 16.2 Å². The fraction of sp³-hybridized carbons (Fsp3) is 0.478. The zero-order chi connectivity index (χ0) is 23.0.